The zero-order valence-electron chi connectivity index (χ0n) is 16.2. The van der Waals surface area contributed by atoms with Crippen molar-refractivity contribution >= 4 is 23.3 Å². The van der Waals surface area contributed by atoms with Gasteiger partial charge in [-0.1, -0.05) is 35.9 Å². The molecule has 4 rings (SSSR count). The van der Waals surface area contributed by atoms with Gasteiger partial charge in [0.15, 0.2) is 0 Å². The number of fused-ring (bicyclic) bond motifs is 1. The lowest BCUT2D eigenvalue weighted by Crippen LogP contribution is -2.35. The molecule has 148 valence electrons. The standard InChI is InChI=1S/C22H27ClN4O/c23-20-14-19(22(28)27-10-4-1-5-11-27)15-25-21(20)24-9-13-26-12-8-17-6-2-3-7-18(17)16-26/h2-3,6-7,14-15H,1,4-5,8-13,16H2,(H,24,25). The lowest BCUT2D eigenvalue weighted by atomic mass is 10.00. The predicted molar refractivity (Wildman–Crippen MR) is 113 cm³/mol. The van der Waals surface area contributed by atoms with Crippen molar-refractivity contribution in [3.05, 3.63) is 58.2 Å². The van der Waals surface area contributed by atoms with E-state index in [2.05, 4.69) is 39.5 Å². The minimum Gasteiger partial charge on any atom is -0.368 e. The van der Waals surface area contributed by atoms with Crippen LogP contribution in [0.4, 0.5) is 5.82 Å². The van der Waals surface area contributed by atoms with E-state index in [4.69, 9.17) is 11.6 Å². The summed E-state index contributed by atoms with van der Waals surface area (Å²) < 4.78 is 0. The maximum absolute atomic E-state index is 12.6. The summed E-state index contributed by atoms with van der Waals surface area (Å²) in [5.74, 6) is 0.682. The zero-order chi connectivity index (χ0) is 19.3. The van der Waals surface area contributed by atoms with Gasteiger partial charge < -0.3 is 10.2 Å². The van der Waals surface area contributed by atoms with E-state index in [0.717, 1.165) is 58.5 Å². The molecule has 5 nitrogen and oxygen atoms in total. The Labute approximate surface area is 171 Å². The Morgan fingerprint density at radius 3 is 2.68 bits per heavy atom. The first-order valence-corrected chi connectivity index (χ1v) is 10.6. The average Bonchev–Trinajstić information content (AvgIpc) is 2.75. The van der Waals surface area contributed by atoms with Crippen molar-refractivity contribution in [3.8, 4) is 0 Å². The minimum atomic E-state index is 0.0348. The normalized spacial score (nSPS) is 17.2. The summed E-state index contributed by atoms with van der Waals surface area (Å²) in [6, 6.07) is 10.4. The van der Waals surface area contributed by atoms with Crippen LogP contribution in [-0.2, 0) is 13.0 Å². The lowest BCUT2D eigenvalue weighted by molar-refractivity contribution is 0.0724. The van der Waals surface area contributed by atoms with Crippen molar-refractivity contribution in [1.29, 1.82) is 0 Å². The van der Waals surface area contributed by atoms with Crippen molar-refractivity contribution in [2.75, 3.05) is 38.0 Å². The second-order valence-electron chi connectivity index (χ2n) is 7.63. The van der Waals surface area contributed by atoms with Gasteiger partial charge in [0.2, 0.25) is 0 Å². The van der Waals surface area contributed by atoms with Crippen LogP contribution in [0, 0.1) is 0 Å². The fraction of sp³-hybridized carbons (Fsp3) is 0.455. The number of carbonyl (C=O) groups is 1. The molecule has 2 aromatic rings. The first kappa shape index (κ1) is 19.2. The molecule has 0 unspecified atom stereocenters. The Hall–Kier alpha value is -2.11. The Kier molecular flexibility index (Phi) is 6.13. The molecule has 2 aliphatic heterocycles. The van der Waals surface area contributed by atoms with Crippen molar-refractivity contribution in [2.24, 2.45) is 0 Å². The van der Waals surface area contributed by atoms with Gasteiger partial charge in [-0.25, -0.2) is 4.98 Å². The minimum absolute atomic E-state index is 0.0348. The van der Waals surface area contributed by atoms with Gasteiger partial charge in [-0.2, -0.15) is 0 Å². The first-order chi connectivity index (χ1) is 13.7. The molecule has 28 heavy (non-hydrogen) atoms. The van der Waals surface area contributed by atoms with Crippen LogP contribution in [0.25, 0.3) is 0 Å². The number of nitrogens with zero attached hydrogens (tertiary/aromatic N) is 3. The molecule has 1 amide bonds. The highest BCUT2D eigenvalue weighted by Gasteiger charge is 2.20. The topological polar surface area (TPSA) is 48.5 Å². The van der Waals surface area contributed by atoms with Crippen molar-refractivity contribution in [3.63, 3.8) is 0 Å². The molecule has 0 aliphatic carbocycles. The molecule has 1 fully saturated rings. The number of piperidine rings is 1. The monoisotopic (exact) mass is 398 g/mol. The van der Waals surface area contributed by atoms with Gasteiger partial charge in [-0.05, 0) is 42.9 Å². The summed E-state index contributed by atoms with van der Waals surface area (Å²) in [4.78, 5) is 21.3. The van der Waals surface area contributed by atoms with Crippen molar-refractivity contribution in [1.82, 2.24) is 14.8 Å². The average molecular weight is 399 g/mol. The number of likely N-dealkylation sites (tertiary alicyclic amines) is 1. The number of anilines is 1. The van der Waals surface area contributed by atoms with E-state index in [1.165, 1.54) is 17.5 Å². The second-order valence-corrected chi connectivity index (χ2v) is 8.04. The van der Waals surface area contributed by atoms with Gasteiger partial charge in [-0.3, -0.25) is 9.69 Å². The Balaban J connectivity index is 1.30. The van der Waals surface area contributed by atoms with Gasteiger partial charge in [0.1, 0.15) is 5.82 Å². The fourth-order valence-electron chi connectivity index (χ4n) is 4.04. The second kappa shape index (κ2) is 8.93. The highest BCUT2D eigenvalue weighted by atomic mass is 35.5. The van der Waals surface area contributed by atoms with Crippen molar-refractivity contribution < 1.29 is 4.79 Å². The first-order valence-electron chi connectivity index (χ1n) is 10.2. The summed E-state index contributed by atoms with van der Waals surface area (Å²) in [5.41, 5.74) is 3.46. The maximum atomic E-state index is 12.6. The number of rotatable bonds is 5. The fourth-order valence-corrected chi connectivity index (χ4v) is 4.28. The molecular formula is C22H27ClN4O. The molecule has 1 saturated heterocycles. The van der Waals surface area contributed by atoms with Crippen LogP contribution in [0.15, 0.2) is 36.5 Å². The van der Waals surface area contributed by atoms with E-state index < -0.39 is 0 Å². The molecule has 6 heteroatoms. The summed E-state index contributed by atoms with van der Waals surface area (Å²) in [6.07, 6.45) is 6.10. The quantitative estimate of drug-likeness (QED) is 0.831. The van der Waals surface area contributed by atoms with E-state index >= 15 is 0 Å². The van der Waals surface area contributed by atoms with Crippen molar-refractivity contribution in [2.45, 2.75) is 32.2 Å². The van der Waals surface area contributed by atoms with E-state index in [0.29, 0.717) is 16.4 Å². The highest BCUT2D eigenvalue weighted by molar-refractivity contribution is 6.33. The SMILES string of the molecule is O=C(c1cnc(NCCN2CCc3ccccc3C2)c(Cl)c1)N1CCCCC1. The summed E-state index contributed by atoms with van der Waals surface area (Å²) in [5, 5.41) is 3.83. The number of hydrogen-bond acceptors (Lipinski definition) is 4. The van der Waals surface area contributed by atoms with Gasteiger partial charge in [0.25, 0.3) is 5.91 Å². The number of hydrogen-bond donors (Lipinski definition) is 1. The molecular weight excluding hydrogens is 372 g/mol. The largest absolute Gasteiger partial charge is 0.368 e. The smallest absolute Gasteiger partial charge is 0.255 e. The number of aromatic nitrogens is 1. The van der Waals surface area contributed by atoms with Gasteiger partial charge >= 0.3 is 0 Å². The van der Waals surface area contributed by atoms with Gasteiger partial charge in [0.05, 0.1) is 10.6 Å². The number of carbonyl (C=O) groups excluding carboxylic acids is 1. The van der Waals surface area contributed by atoms with Gasteiger partial charge in [-0.15, -0.1) is 0 Å². The number of amides is 1. The van der Waals surface area contributed by atoms with Crippen LogP contribution in [0.2, 0.25) is 5.02 Å². The van der Waals surface area contributed by atoms with Crippen LogP contribution in [0.5, 0.6) is 0 Å². The van der Waals surface area contributed by atoms with Crippen LogP contribution in [0.1, 0.15) is 40.7 Å². The van der Waals surface area contributed by atoms with Gasteiger partial charge in [0, 0.05) is 45.5 Å². The zero-order valence-corrected chi connectivity index (χ0v) is 16.9. The maximum Gasteiger partial charge on any atom is 0.255 e. The number of halogens is 1. The van der Waals surface area contributed by atoms with Crippen LogP contribution < -0.4 is 5.32 Å². The summed E-state index contributed by atoms with van der Waals surface area (Å²) in [6.45, 7) is 5.42. The Morgan fingerprint density at radius 1 is 1.11 bits per heavy atom. The Bertz CT molecular complexity index is 835. The Morgan fingerprint density at radius 2 is 1.89 bits per heavy atom. The summed E-state index contributed by atoms with van der Waals surface area (Å²) in [7, 11) is 0. The number of nitrogens with one attached hydrogen (secondary N) is 1. The molecule has 0 atom stereocenters. The van der Waals surface area contributed by atoms with E-state index in [9.17, 15) is 4.79 Å². The number of benzene rings is 1. The van der Waals surface area contributed by atoms with Crippen LogP contribution in [0.3, 0.4) is 0 Å². The third-order valence-electron chi connectivity index (χ3n) is 5.66. The molecule has 0 bridgehead atoms. The lowest BCUT2D eigenvalue weighted by Gasteiger charge is -2.28. The molecule has 1 N–H and O–H groups in total. The summed E-state index contributed by atoms with van der Waals surface area (Å²) >= 11 is 6.39. The molecule has 0 saturated carbocycles. The third-order valence-corrected chi connectivity index (χ3v) is 5.95. The third kappa shape index (κ3) is 4.47. The molecule has 0 spiro atoms. The van der Waals surface area contributed by atoms with E-state index in [1.54, 1.807) is 12.3 Å². The van der Waals surface area contributed by atoms with Crippen LogP contribution in [-0.4, -0.2) is 53.4 Å². The van der Waals surface area contributed by atoms with E-state index in [-0.39, 0.29) is 5.91 Å². The van der Waals surface area contributed by atoms with E-state index in [1.807, 2.05) is 4.90 Å². The predicted octanol–water partition coefficient (Wildman–Crippen LogP) is 3.83. The molecule has 0 radical (unpaired) electrons. The van der Waals surface area contributed by atoms with Crippen LogP contribution >= 0.6 is 11.6 Å². The number of pyridine rings is 1. The molecule has 2 aliphatic rings. The molecule has 3 heterocycles. The molecule has 1 aromatic carbocycles. The highest BCUT2D eigenvalue weighted by Crippen LogP contribution is 2.22. The molecule has 1 aromatic heterocycles.